The molecule has 0 aliphatic carbocycles. The normalized spacial score (nSPS) is 12.6. The van der Waals surface area contributed by atoms with Crippen LogP contribution in [0.4, 0.5) is 4.39 Å². The fraction of sp³-hybridized carbons (Fsp3) is 0.310. The number of rotatable bonds is 13. The molecular weight excluding hydrogens is 543 g/mol. The van der Waals surface area contributed by atoms with Crippen LogP contribution in [0.15, 0.2) is 77.7 Å². The minimum absolute atomic E-state index is 0.0229. The van der Waals surface area contributed by atoms with Gasteiger partial charge in [0.2, 0.25) is 10.0 Å². The summed E-state index contributed by atoms with van der Waals surface area (Å²) in [5, 5.41) is 2.73. The predicted octanol–water partition coefficient (Wildman–Crippen LogP) is 4.73. The molecule has 0 radical (unpaired) electrons. The van der Waals surface area contributed by atoms with Crippen molar-refractivity contribution in [3.63, 3.8) is 0 Å². The van der Waals surface area contributed by atoms with E-state index in [1.807, 2.05) is 30.3 Å². The van der Waals surface area contributed by atoms with Crippen LogP contribution < -0.4 is 10.0 Å². The molecule has 0 heterocycles. The monoisotopic (exact) mass is 574 g/mol. The zero-order valence-electron chi connectivity index (χ0n) is 22.0. The van der Waals surface area contributed by atoms with Crippen molar-refractivity contribution in [2.75, 3.05) is 13.7 Å². The Bertz CT molecular complexity index is 1400. The quantitative estimate of drug-likeness (QED) is 0.307. The molecule has 1 amide bonds. The Kier molecular flexibility index (Phi) is 10.4. The third-order valence-corrected chi connectivity index (χ3v) is 8.27. The lowest BCUT2D eigenvalue weighted by Gasteiger charge is -2.26. The van der Waals surface area contributed by atoms with E-state index in [2.05, 4.69) is 10.0 Å². The second-order valence-corrected chi connectivity index (χ2v) is 11.9. The number of carbonyl (C=O) groups is 2. The molecule has 0 aliphatic rings. The molecular formula is C29H32ClFN2O5S. The van der Waals surface area contributed by atoms with E-state index < -0.39 is 33.3 Å². The van der Waals surface area contributed by atoms with E-state index in [9.17, 15) is 22.4 Å². The van der Waals surface area contributed by atoms with Crippen molar-refractivity contribution in [2.24, 2.45) is 0 Å². The Labute approximate surface area is 233 Å². The summed E-state index contributed by atoms with van der Waals surface area (Å²) in [5.74, 6) is -1.27. The van der Waals surface area contributed by atoms with Crippen molar-refractivity contribution in [1.82, 2.24) is 10.0 Å². The zero-order chi connectivity index (χ0) is 28.6. The number of methoxy groups -OCH3 is 1. The highest BCUT2D eigenvalue weighted by Gasteiger charge is 2.28. The summed E-state index contributed by atoms with van der Waals surface area (Å²) in [5.41, 5.74) is 0.801. The van der Waals surface area contributed by atoms with Gasteiger partial charge >= 0.3 is 0 Å². The van der Waals surface area contributed by atoms with Gasteiger partial charge in [0.25, 0.3) is 5.91 Å². The first-order valence-corrected chi connectivity index (χ1v) is 14.2. The van der Waals surface area contributed by atoms with E-state index in [4.69, 9.17) is 16.3 Å². The van der Waals surface area contributed by atoms with Crippen molar-refractivity contribution >= 4 is 33.3 Å². The van der Waals surface area contributed by atoms with Crippen molar-refractivity contribution in [2.45, 2.75) is 49.6 Å². The molecule has 10 heteroatoms. The van der Waals surface area contributed by atoms with Crippen LogP contribution in [-0.2, 0) is 32.4 Å². The second kappa shape index (κ2) is 13.3. The first-order valence-electron chi connectivity index (χ1n) is 12.3. The highest BCUT2D eigenvalue weighted by atomic mass is 35.5. The second-order valence-electron chi connectivity index (χ2n) is 9.86. The lowest BCUT2D eigenvalue weighted by molar-refractivity contribution is -0.120. The molecule has 0 saturated heterocycles. The van der Waals surface area contributed by atoms with Gasteiger partial charge in [-0.1, -0.05) is 48.0 Å². The average Bonchev–Trinajstić information content (AvgIpc) is 2.87. The standard InChI is InChI=1S/C29H32ClFN2O5S/c1-29(2,15-16-38-3)33-39(36,37)27-14-9-21(17-24(27)30)19-26(34)25(18-20-7-5-4-6-8-20)32-28(35)22-10-12-23(31)13-11-22/h4-14,17,25,33H,15-16,18-19H2,1-3H3,(H,32,35)/t25-/m0/s1. The SMILES string of the molecule is COCCC(C)(C)NS(=O)(=O)c1ccc(CC(=O)[C@H](Cc2ccccc2)NC(=O)c2ccc(F)cc2)cc1Cl. The van der Waals surface area contributed by atoms with Crippen molar-refractivity contribution < 1.29 is 27.1 Å². The minimum atomic E-state index is -3.94. The van der Waals surface area contributed by atoms with Gasteiger partial charge in [0, 0.05) is 31.2 Å². The van der Waals surface area contributed by atoms with Crippen molar-refractivity contribution in [3.8, 4) is 0 Å². The first-order chi connectivity index (χ1) is 18.4. The Morgan fingerprint density at radius 3 is 2.28 bits per heavy atom. The number of benzene rings is 3. The number of ketones is 1. The summed E-state index contributed by atoms with van der Waals surface area (Å²) in [7, 11) is -2.40. The number of nitrogens with one attached hydrogen (secondary N) is 2. The lowest BCUT2D eigenvalue weighted by atomic mass is 9.97. The highest BCUT2D eigenvalue weighted by Crippen LogP contribution is 2.25. The molecule has 3 rings (SSSR count). The molecule has 1 atom stereocenters. The average molecular weight is 575 g/mol. The molecule has 0 fully saturated rings. The van der Waals surface area contributed by atoms with E-state index in [1.165, 1.54) is 42.5 Å². The molecule has 0 aromatic heterocycles. The Hall–Kier alpha value is -3.11. The van der Waals surface area contributed by atoms with Gasteiger partial charge in [0.05, 0.1) is 11.1 Å². The summed E-state index contributed by atoms with van der Waals surface area (Å²) in [6.45, 7) is 3.88. The maximum atomic E-state index is 13.4. The van der Waals surface area contributed by atoms with E-state index in [0.717, 1.165) is 5.56 Å². The summed E-state index contributed by atoms with van der Waals surface area (Å²) in [4.78, 5) is 26.1. The molecule has 0 spiro atoms. The van der Waals surface area contributed by atoms with E-state index in [1.54, 1.807) is 21.0 Å². The van der Waals surface area contributed by atoms with Gasteiger partial charge in [-0.3, -0.25) is 9.59 Å². The summed E-state index contributed by atoms with van der Waals surface area (Å²) >= 11 is 6.36. The number of sulfonamides is 1. The van der Waals surface area contributed by atoms with Crippen LogP contribution in [0.5, 0.6) is 0 Å². The third kappa shape index (κ3) is 8.96. The van der Waals surface area contributed by atoms with Gasteiger partial charge in [0.1, 0.15) is 10.7 Å². The number of ether oxygens (including phenoxy) is 1. The van der Waals surface area contributed by atoms with Gasteiger partial charge in [-0.05, 0) is 74.2 Å². The molecule has 3 aromatic rings. The van der Waals surface area contributed by atoms with Gasteiger partial charge in [0.15, 0.2) is 5.78 Å². The van der Waals surface area contributed by atoms with E-state index >= 15 is 0 Å². The Morgan fingerprint density at radius 2 is 1.67 bits per heavy atom. The number of hydrogen-bond donors (Lipinski definition) is 2. The molecule has 3 aromatic carbocycles. The van der Waals surface area contributed by atoms with Crippen LogP contribution in [0.25, 0.3) is 0 Å². The van der Waals surface area contributed by atoms with Gasteiger partial charge < -0.3 is 10.1 Å². The van der Waals surface area contributed by atoms with Crippen LogP contribution in [0, 0.1) is 5.82 Å². The van der Waals surface area contributed by atoms with Crippen LogP contribution in [-0.4, -0.2) is 45.4 Å². The molecule has 0 saturated carbocycles. The van der Waals surface area contributed by atoms with Gasteiger partial charge in [-0.2, -0.15) is 0 Å². The smallest absolute Gasteiger partial charge is 0.251 e. The van der Waals surface area contributed by atoms with Crippen LogP contribution in [0.3, 0.4) is 0 Å². The topological polar surface area (TPSA) is 102 Å². The molecule has 7 nitrogen and oxygen atoms in total. The first kappa shape index (κ1) is 30.4. The van der Waals surface area contributed by atoms with Crippen molar-refractivity contribution in [1.29, 1.82) is 0 Å². The Balaban J connectivity index is 1.78. The maximum absolute atomic E-state index is 13.4. The number of amides is 1. The maximum Gasteiger partial charge on any atom is 0.251 e. The third-order valence-electron chi connectivity index (χ3n) is 6.09. The highest BCUT2D eigenvalue weighted by molar-refractivity contribution is 7.89. The number of hydrogen-bond acceptors (Lipinski definition) is 5. The fourth-order valence-corrected chi connectivity index (χ4v) is 5.97. The molecule has 0 bridgehead atoms. The lowest BCUT2D eigenvalue weighted by Crippen LogP contribution is -2.44. The molecule has 0 unspecified atom stereocenters. The molecule has 2 N–H and O–H groups in total. The molecule has 39 heavy (non-hydrogen) atoms. The fourth-order valence-electron chi connectivity index (χ4n) is 3.96. The number of halogens is 2. The van der Waals surface area contributed by atoms with Crippen LogP contribution >= 0.6 is 11.6 Å². The largest absolute Gasteiger partial charge is 0.385 e. The predicted molar refractivity (Wildman–Crippen MR) is 149 cm³/mol. The Morgan fingerprint density at radius 1 is 1.00 bits per heavy atom. The van der Waals surface area contributed by atoms with Crippen LogP contribution in [0.1, 0.15) is 41.8 Å². The van der Waals surface area contributed by atoms with Crippen molar-refractivity contribution in [3.05, 3.63) is 100 Å². The molecule has 0 aliphatic heterocycles. The van der Waals surface area contributed by atoms with Gasteiger partial charge in [-0.25, -0.2) is 17.5 Å². The zero-order valence-corrected chi connectivity index (χ0v) is 23.6. The summed E-state index contributed by atoms with van der Waals surface area (Å²) in [6.07, 6.45) is 0.612. The summed E-state index contributed by atoms with van der Waals surface area (Å²) < 4.78 is 46.9. The van der Waals surface area contributed by atoms with E-state index in [-0.39, 0.29) is 34.1 Å². The van der Waals surface area contributed by atoms with Crippen LogP contribution in [0.2, 0.25) is 5.02 Å². The molecule has 208 valence electrons. The number of Topliss-reactive ketones (excluding diaryl/α,β-unsaturated/α-hetero) is 1. The van der Waals surface area contributed by atoms with Gasteiger partial charge in [-0.15, -0.1) is 0 Å². The summed E-state index contributed by atoms with van der Waals surface area (Å²) in [6, 6.07) is 17.7. The van der Waals surface area contributed by atoms with E-state index in [0.29, 0.717) is 18.6 Å². The number of carbonyl (C=O) groups excluding carboxylic acids is 2. The minimum Gasteiger partial charge on any atom is -0.385 e.